The third-order valence-electron chi connectivity index (χ3n) is 4.90. The maximum absolute atomic E-state index is 13.7. The molecule has 0 aliphatic carbocycles. The molecule has 0 fully saturated rings. The summed E-state index contributed by atoms with van der Waals surface area (Å²) in [6, 6.07) is 11.6. The number of hydrogen-bond donors (Lipinski definition) is 3. The van der Waals surface area contributed by atoms with Gasteiger partial charge < -0.3 is 20.5 Å². The van der Waals surface area contributed by atoms with Crippen molar-refractivity contribution in [1.29, 1.82) is 0 Å². The highest BCUT2D eigenvalue weighted by molar-refractivity contribution is 6.29. The second-order valence-corrected chi connectivity index (χ2v) is 7.09. The van der Waals surface area contributed by atoms with Crippen LogP contribution < -0.4 is 21.3 Å². The van der Waals surface area contributed by atoms with Crippen molar-refractivity contribution >= 4 is 35.2 Å². The molecule has 0 bridgehead atoms. The monoisotopic (exact) mass is 439 g/mol. The molecule has 0 radical (unpaired) electrons. The second kappa shape index (κ2) is 9.48. The molecule has 2 aromatic carbocycles. The van der Waals surface area contributed by atoms with Crippen molar-refractivity contribution in [2.45, 2.75) is 25.9 Å². The summed E-state index contributed by atoms with van der Waals surface area (Å²) in [5, 5.41) is 7.99. The molecule has 1 atom stereocenters. The molecule has 1 unspecified atom stereocenters. The zero-order valence-corrected chi connectivity index (χ0v) is 18.0. The minimum Gasteiger partial charge on any atom is -0.497 e. The number of anilines is 2. The normalized spacial score (nSPS) is 17.5. The van der Waals surface area contributed by atoms with Crippen LogP contribution in [0.3, 0.4) is 0 Å². The Morgan fingerprint density at radius 1 is 1.19 bits per heavy atom. The lowest BCUT2D eigenvalue weighted by Gasteiger charge is -2.32. The molecule has 0 saturated heterocycles. The second-order valence-electron chi connectivity index (χ2n) is 7.09. The Labute approximate surface area is 185 Å². The van der Waals surface area contributed by atoms with Crippen molar-refractivity contribution in [2.75, 3.05) is 24.8 Å². The number of nitrogens with two attached hydrogens (primary N) is 1. The van der Waals surface area contributed by atoms with Gasteiger partial charge in [-0.1, -0.05) is 12.1 Å². The molecule has 4 N–H and O–H groups in total. The fraction of sp³-hybridized carbons (Fsp3) is 0.273. The number of amides is 1. The molecular formula is C22H25N5O5. The van der Waals surface area contributed by atoms with E-state index >= 15 is 0 Å². The molecule has 3 rings (SSSR count). The first-order chi connectivity index (χ1) is 15.3. The SMILES string of the molecule is CCOC(=O)C1(C(=O)c2ccc(NC(C)=O)cc2N)C=NNN1Cc1ccc(OC)cc1. The minimum atomic E-state index is -1.86. The van der Waals surface area contributed by atoms with Crippen LogP contribution in [0.25, 0.3) is 0 Å². The molecule has 2 aromatic rings. The number of hydrazone groups is 1. The lowest BCUT2D eigenvalue weighted by molar-refractivity contribution is -0.151. The summed E-state index contributed by atoms with van der Waals surface area (Å²) in [5.41, 5.74) is 8.41. The number of nitrogens with one attached hydrogen (secondary N) is 2. The molecule has 10 heteroatoms. The summed E-state index contributed by atoms with van der Waals surface area (Å²) in [6.45, 7) is 3.26. The molecular weight excluding hydrogens is 414 g/mol. The number of carbonyl (C=O) groups excluding carboxylic acids is 3. The number of benzene rings is 2. The number of hydrazine groups is 1. The van der Waals surface area contributed by atoms with Gasteiger partial charge in [-0.15, -0.1) is 0 Å². The van der Waals surface area contributed by atoms with E-state index < -0.39 is 17.3 Å². The standard InChI is InChI=1S/C22H25N5O5/c1-4-32-21(30)22(20(29)18-10-7-16(11-19(18)23)25-14(2)28)13-24-26-27(22)12-15-5-8-17(31-3)9-6-15/h5-11,13,26H,4,12,23H2,1-3H3,(H,25,28). The number of rotatable bonds is 8. The third kappa shape index (κ3) is 4.40. The van der Waals surface area contributed by atoms with Crippen LogP contribution in [0, 0.1) is 0 Å². The summed E-state index contributed by atoms with van der Waals surface area (Å²) in [6.07, 6.45) is 1.22. The highest BCUT2D eigenvalue weighted by atomic mass is 16.5. The Morgan fingerprint density at radius 3 is 2.50 bits per heavy atom. The van der Waals surface area contributed by atoms with Gasteiger partial charge in [-0.2, -0.15) is 10.1 Å². The lowest BCUT2D eigenvalue weighted by atomic mass is 9.88. The molecule has 10 nitrogen and oxygen atoms in total. The highest BCUT2D eigenvalue weighted by Gasteiger charge is 2.55. The summed E-state index contributed by atoms with van der Waals surface area (Å²) < 4.78 is 10.4. The Bertz CT molecular complexity index is 1050. The molecule has 168 valence electrons. The van der Waals surface area contributed by atoms with Gasteiger partial charge in [-0.3, -0.25) is 9.59 Å². The molecule has 0 saturated carbocycles. The lowest BCUT2D eigenvalue weighted by Crippen LogP contribution is -2.61. The van der Waals surface area contributed by atoms with Crippen molar-refractivity contribution in [3.05, 3.63) is 53.6 Å². The summed E-state index contributed by atoms with van der Waals surface area (Å²) in [4.78, 5) is 38.1. The Kier molecular flexibility index (Phi) is 6.74. The van der Waals surface area contributed by atoms with E-state index in [0.29, 0.717) is 11.4 Å². The fourth-order valence-corrected chi connectivity index (χ4v) is 3.35. The van der Waals surface area contributed by atoms with E-state index in [1.807, 2.05) is 12.1 Å². The van der Waals surface area contributed by atoms with Gasteiger partial charge in [0.15, 0.2) is 0 Å². The number of nitrogen functional groups attached to an aromatic ring is 1. The average Bonchev–Trinajstić information content (AvgIpc) is 3.18. The van der Waals surface area contributed by atoms with Gasteiger partial charge >= 0.3 is 5.97 Å². The van der Waals surface area contributed by atoms with Gasteiger partial charge in [0.2, 0.25) is 17.2 Å². The number of carbonyl (C=O) groups is 3. The zero-order valence-electron chi connectivity index (χ0n) is 18.0. The molecule has 0 spiro atoms. The van der Waals surface area contributed by atoms with E-state index in [2.05, 4.69) is 16.0 Å². The summed E-state index contributed by atoms with van der Waals surface area (Å²) >= 11 is 0. The van der Waals surface area contributed by atoms with E-state index in [9.17, 15) is 14.4 Å². The molecule has 0 aromatic heterocycles. The Morgan fingerprint density at radius 2 is 1.91 bits per heavy atom. The molecule has 1 aliphatic heterocycles. The van der Waals surface area contributed by atoms with Crippen molar-refractivity contribution in [1.82, 2.24) is 10.5 Å². The largest absolute Gasteiger partial charge is 0.497 e. The van der Waals surface area contributed by atoms with Gasteiger partial charge in [-0.25, -0.2) is 10.3 Å². The van der Waals surface area contributed by atoms with E-state index in [1.54, 1.807) is 26.2 Å². The molecule has 32 heavy (non-hydrogen) atoms. The van der Waals surface area contributed by atoms with E-state index in [-0.39, 0.29) is 30.3 Å². The van der Waals surface area contributed by atoms with Crippen molar-refractivity contribution < 1.29 is 23.9 Å². The van der Waals surface area contributed by atoms with Gasteiger partial charge in [0.25, 0.3) is 0 Å². The number of esters is 1. The fourth-order valence-electron chi connectivity index (χ4n) is 3.35. The van der Waals surface area contributed by atoms with Gasteiger partial charge in [-0.05, 0) is 42.8 Å². The van der Waals surface area contributed by atoms with Gasteiger partial charge in [0, 0.05) is 30.4 Å². The number of methoxy groups -OCH3 is 1. The maximum atomic E-state index is 13.7. The first kappa shape index (κ1) is 22.8. The van der Waals surface area contributed by atoms with Crippen molar-refractivity contribution in [3.63, 3.8) is 0 Å². The number of ketones is 1. The summed E-state index contributed by atoms with van der Waals surface area (Å²) in [7, 11) is 1.57. The number of hydrogen-bond acceptors (Lipinski definition) is 9. The van der Waals surface area contributed by atoms with Crippen LogP contribution in [0.4, 0.5) is 11.4 Å². The number of Topliss-reactive ketones (excluding diaryl/α,β-unsaturated/α-hetero) is 1. The molecule has 1 aliphatic rings. The highest BCUT2D eigenvalue weighted by Crippen LogP contribution is 2.29. The molecule has 1 amide bonds. The quantitative estimate of drug-likeness (QED) is 0.245. The molecule has 1 heterocycles. The van der Waals surface area contributed by atoms with Crippen molar-refractivity contribution in [3.8, 4) is 5.75 Å². The smallest absolute Gasteiger partial charge is 0.342 e. The van der Waals surface area contributed by atoms with Gasteiger partial charge in [0.05, 0.1) is 19.9 Å². The zero-order chi connectivity index (χ0) is 23.3. The topological polar surface area (TPSA) is 135 Å². The van der Waals surface area contributed by atoms with Gasteiger partial charge in [0.1, 0.15) is 5.75 Å². The average molecular weight is 439 g/mol. The van der Waals surface area contributed by atoms with Crippen LogP contribution in [-0.4, -0.2) is 48.1 Å². The van der Waals surface area contributed by atoms with Crippen LogP contribution in [0.5, 0.6) is 5.75 Å². The van der Waals surface area contributed by atoms with Crippen LogP contribution in [0.2, 0.25) is 0 Å². The Balaban J connectivity index is 1.98. The predicted molar refractivity (Wildman–Crippen MR) is 119 cm³/mol. The van der Waals surface area contributed by atoms with Crippen LogP contribution in [0.15, 0.2) is 47.6 Å². The minimum absolute atomic E-state index is 0.0784. The van der Waals surface area contributed by atoms with Crippen LogP contribution in [-0.2, 0) is 20.9 Å². The van der Waals surface area contributed by atoms with Crippen LogP contribution in [0.1, 0.15) is 29.8 Å². The first-order valence-corrected chi connectivity index (χ1v) is 9.91. The number of nitrogens with zero attached hydrogens (tertiary/aromatic N) is 2. The Hall–Kier alpha value is -3.92. The third-order valence-corrected chi connectivity index (χ3v) is 4.90. The van der Waals surface area contributed by atoms with Crippen LogP contribution >= 0.6 is 0 Å². The number of ether oxygens (including phenoxy) is 2. The maximum Gasteiger partial charge on any atom is 0.342 e. The van der Waals surface area contributed by atoms with E-state index in [4.69, 9.17) is 15.2 Å². The first-order valence-electron chi connectivity index (χ1n) is 9.91. The van der Waals surface area contributed by atoms with E-state index in [1.165, 1.54) is 36.3 Å². The summed E-state index contributed by atoms with van der Waals surface area (Å²) in [5.74, 6) is -0.980. The van der Waals surface area contributed by atoms with E-state index in [0.717, 1.165) is 5.56 Å². The predicted octanol–water partition coefficient (Wildman–Crippen LogP) is 1.73. The van der Waals surface area contributed by atoms with Crippen molar-refractivity contribution in [2.24, 2.45) is 5.10 Å².